The van der Waals surface area contributed by atoms with E-state index >= 15 is 0 Å². The van der Waals surface area contributed by atoms with Gasteiger partial charge in [-0.1, -0.05) is 37.1 Å². The summed E-state index contributed by atoms with van der Waals surface area (Å²) in [5.41, 5.74) is 0.516. The van der Waals surface area contributed by atoms with Crippen LogP contribution < -0.4 is 4.31 Å². The molecule has 1 saturated heterocycles. The number of nitrogens with zero attached hydrogens (tertiary/aromatic N) is 2. The number of amides is 1. The zero-order valence-corrected chi connectivity index (χ0v) is 18.2. The molecule has 2 fully saturated rings. The third-order valence-corrected chi connectivity index (χ3v) is 10.1. The van der Waals surface area contributed by atoms with Crippen LogP contribution in [0.5, 0.6) is 0 Å². The van der Waals surface area contributed by atoms with Crippen LogP contribution in [0.2, 0.25) is 0 Å². The molecule has 1 aliphatic carbocycles. The second kappa shape index (κ2) is 6.95. The number of anilines is 1. The third-order valence-electron chi connectivity index (χ3n) is 6.57. The van der Waals surface area contributed by atoms with Crippen molar-refractivity contribution in [2.24, 2.45) is 0 Å². The number of carbonyl (C=O) groups is 1. The van der Waals surface area contributed by atoms with Gasteiger partial charge in [-0.15, -0.1) is 0 Å². The fraction of sp³-hybridized carbons (Fsp3) is 0.476. The normalized spacial score (nSPS) is 24.5. The highest BCUT2D eigenvalue weighted by molar-refractivity contribution is 7.93. The predicted molar refractivity (Wildman–Crippen MR) is 115 cm³/mol. The molecule has 0 unspecified atom stereocenters. The molecule has 0 bridgehead atoms. The van der Waals surface area contributed by atoms with E-state index in [2.05, 4.69) is 0 Å². The first-order chi connectivity index (χ1) is 14.3. The molecule has 2 aliphatic heterocycles. The van der Waals surface area contributed by atoms with Crippen LogP contribution in [-0.2, 0) is 24.7 Å². The quantitative estimate of drug-likeness (QED) is 0.716. The summed E-state index contributed by atoms with van der Waals surface area (Å²) in [6.45, 7) is -0.302. The number of rotatable bonds is 4. The standard InChI is InChI=1S/C21H24N2O5S2/c24-20(23(16-7-1-2-8-16)17-11-12-29(25,26)14-17)13-22-18-9-3-5-15-6-4-10-19(21(15)18)30(22,27)28/h3-6,9-10,16-17H,1-2,7-8,11-14H2/t17-/m0/s1. The molecule has 0 spiro atoms. The molecule has 30 heavy (non-hydrogen) atoms. The predicted octanol–water partition coefficient (Wildman–Crippen LogP) is 2.31. The first-order valence-corrected chi connectivity index (χ1v) is 13.6. The summed E-state index contributed by atoms with van der Waals surface area (Å²) in [6.07, 6.45) is 4.10. The minimum atomic E-state index is -3.83. The minimum Gasteiger partial charge on any atom is -0.334 e. The molecule has 9 heteroatoms. The molecule has 0 aromatic heterocycles. The Balaban J connectivity index is 1.50. The lowest BCUT2D eigenvalue weighted by Gasteiger charge is -2.35. The first-order valence-electron chi connectivity index (χ1n) is 10.3. The summed E-state index contributed by atoms with van der Waals surface area (Å²) in [5.74, 6) is -0.254. The molecule has 2 aromatic rings. The summed E-state index contributed by atoms with van der Waals surface area (Å²) >= 11 is 0. The van der Waals surface area contributed by atoms with Crippen molar-refractivity contribution < 1.29 is 21.6 Å². The summed E-state index contributed by atoms with van der Waals surface area (Å²) in [4.78, 5) is 15.4. The number of sulfone groups is 1. The van der Waals surface area contributed by atoms with E-state index in [1.54, 1.807) is 29.2 Å². The van der Waals surface area contributed by atoms with Crippen molar-refractivity contribution in [3.63, 3.8) is 0 Å². The number of benzene rings is 2. The van der Waals surface area contributed by atoms with Crippen molar-refractivity contribution in [2.75, 3.05) is 22.4 Å². The number of sulfonamides is 1. The Morgan fingerprint density at radius 1 is 0.967 bits per heavy atom. The van der Waals surface area contributed by atoms with Crippen molar-refractivity contribution in [1.82, 2.24) is 4.90 Å². The lowest BCUT2D eigenvalue weighted by atomic mass is 10.1. The fourth-order valence-electron chi connectivity index (χ4n) is 5.22. The van der Waals surface area contributed by atoms with Crippen LogP contribution in [0.15, 0.2) is 41.3 Å². The lowest BCUT2D eigenvalue weighted by Crippen LogP contribution is -2.51. The fourth-order valence-corrected chi connectivity index (χ4v) is 8.59. The van der Waals surface area contributed by atoms with E-state index in [0.29, 0.717) is 17.5 Å². The van der Waals surface area contributed by atoms with Crippen LogP contribution >= 0.6 is 0 Å². The van der Waals surface area contributed by atoms with Crippen molar-refractivity contribution in [1.29, 1.82) is 0 Å². The van der Waals surface area contributed by atoms with Gasteiger partial charge >= 0.3 is 0 Å². The Hall–Kier alpha value is -2.13. The molecule has 0 N–H and O–H groups in total. The Morgan fingerprint density at radius 3 is 2.33 bits per heavy atom. The van der Waals surface area contributed by atoms with Crippen molar-refractivity contribution in [3.05, 3.63) is 36.4 Å². The monoisotopic (exact) mass is 448 g/mol. The molecule has 3 aliphatic rings. The molecule has 2 aromatic carbocycles. The SMILES string of the molecule is O=C(CN1c2cccc3cccc(c23)S1(=O)=O)N(C1CCCC1)[C@H]1CCS(=O)(=O)C1. The summed E-state index contributed by atoms with van der Waals surface area (Å²) in [6, 6.07) is 10.1. The largest absolute Gasteiger partial charge is 0.334 e. The van der Waals surface area contributed by atoms with Gasteiger partial charge in [0.25, 0.3) is 10.0 Å². The van der Waals surface area contributed by atoms with Gasteiger partial charge in [0.05, 0.1) is 22.1 Å². The van der Waals surface area contributed by atoms with E-state index in [1.165, 1.54) is 4.31 Å². The Morgan fingerprint density at radius 2 is 1.67 bits per heavy atom. The average molecular weight is 449 g/mol. The van der Waals surface area contributed by atoms with Crippen LogP contribution in [0, 0.1) is 0 Å². The van der Waals surface area contributed by atoms with E-state index in [9.17, 15) is 21.6 Å². The van der Waals surface area contributed by atoms with Crippen molar-refractivity contribution in [3.8, 4) is 0 Å². The molecule has 0 radical (unpaired) electrons. The van der Waals surface area contributed by atoms with E-state index in [4.69, 9.17) is 0 Å². The Bertz CT molecular complexity index is 1230. The molecular formula is C21H24N2O5S2. The molecule has 160 valence electrons. The van der Waals surface area contributed by atoms with Crippen molar-refractivity contribution >= 4 is 42.2 Å². The van der Waals surface area contributed by atoms with Crippen LogP contribution in [0.1, 0.15) is 32.1 Å². The molecule has 7 nitrogen and oxygen atoms in total. The summed E-state index contributed by atoms with van der Waals surface area (Å²) in [5, 5.41) is 1.46. The van der Waals surface area contributed by atoms with E-state index < -0.39 is 19.9 Å². The third kappa shape index (κ3) is 3.10. The molecular weight excluding hydrogens is 424 g/mol. The summed E-state index contributed by atoms with van der Waals surface area (Å²) < 4.78 is 51.8. The second-order valence-corrected chi connectivity index (χ2v) is 12.5. The lowest BCUT2D eigenvalue weighted by molar-refractivity contribution is -0.133. The first kappa shape index (κ1) is 19.8. The van der Waals surface area contributed by atoms with Crippen LogP contribution in [0.3, 0.4) is 0 Å². The van der Waals surface area contributed by atoms with Gasteiger partial charge in [-0.2, -0.15) is 0 Å². The minimum absolute atomic E-state index is 0.0146. The maximum absolute atomic E-state index is 13.5. The maximum Gasteiger partial charge on any atom is 0.265 e. The van der Waals surface area contributed by atoms with Gasteiger partial charge in [-0.25, -0.2) is 16.8 Å². The van der Waals surface area contributed by atoms with Crippen LogP contribution in [0.25, 0.3) is 10.8 Å². The maximum atomic E-state index is 13.5. The van der Waals surface area contributed by atoms with Gasteiger partial charge in [0.15, 0.2) is 9.84 Å². The van der Waals surface area contributed by atoms with E-state index in [1.807, 2.05) is 12.1 Å². The number of carbonyl (C=O) groups excluding carboxylic acids is 1. The van der Waals surface area contributed by atoms with Gasteiger partial charge in [-0.05, 0) is 36.8 Å². The average Bonchev–Trinajstić information content (AvgIpc) is 3.39. The van der Waals surface area contributed by atoms with Crippen LogP contribution in [0.4, 0.5) is 5.69 Å². The Kier molecular flexibility index (Phi) is 4.59. The zero-order valence-electron chi connectivity index (χ0n) is 16.5. The molecule has 1 amide bonds. The van der Waals surface area contributed by atoms with Gasteiger partial charge in [0.2, 0.25) is 5.91 Å². The second-order valence-electron chi connectivity index (χ2n) is 8.44. The highest BCUT2D eigenvalue weighted by Gasteiger charge is 2.42. The zero-order chi connectivity index (χ0) is 21.1. The molecule has 2 heterocycles. The molecule has 1 saturated carbocycles. The van der Waals surface area contributed by atoms with Gasteiger partial charge in [0.1, 0.15) is 6.54 Å². The smallest absolute Gasteiger partial charge is 0.265 e. The highest BCUT2D eigenvalue weighted by Crippen LogP contribution is 2.42. The van der Waals surface area contributed by atoms with E-state index in [-0.39, 0.29) is 40.9 Å². The molecule has 5 rings (SSSR count). The van der Waals surface area contributed by atoms with Crippen molar-refractivity contribution in [2.45, 2.75) is 49.1 Å². The number of hydrogen-bond donors (Lipinski definition) is 0. The molecule has 1 atom stereocenters. The summed E-state index contributed by atoms with van der Waals surface area (Å²) in [7, 11) is -6.98. The van der Waals surface area contributed by atoms with E-state index in [0.717, 1.165) is 31.1 Å². The topological polar surface area (TPSA) is 91.8 Å². The van der Waals surface area contributed by atoms with Gasteiger partial charge in [0, 0.05) is 17.5 Å². The van der Waals surface area contributed by atoms with Gasteiger partial charge < -0.3 is 4.90 Å². The number of hydrogen-bond acceptors (Lipinski definition) is 5. The van der Waals surface area contributed by atoms with Gasteiger partial charge in [-0.3, -0.25) is 9.10 Å². The van der Waals surface area contributed by atoms with Crippen LogP contribution in [-0.4, -0.2) is 57.8 Å². The highest BCUT2D eigenvalue weighted by atomic mass is 32.2. The Labute approximate surface area is 176 Å².